The Morgan fingerprint density at radius 3 is 2.55 bits per heavy atom. The first-order chi connectivity index (χ1) is 9.49. The lowest BCUT2D eigenvalue weighted by atomic mass is 10.0. The summed E-state index contributed by atoms with van der Waals surface area (Å²) in [5.41, 5.74) is 0.667. The van der Waals surface area contributed by atoms with Crippen molar-refractivity contribution in [1.82, 2.24) is 5.32 Å². The van der Waals surface area contributed by atoms with Gasteiger partial charge in [-0.15, -0.1) is 0 Å². The summed E-state index contributed by atoms with van der Waals surface area (Å²) in [7, 11) is 0. The van der Waals surface area contributed by atoms with Crippen LogP contribution in [-0.4, -0.2) is 41.6 Å². The Hall–Kier alpha value is -0.650. The van der Waals surface area contributed by atoms with E-state index in [-0.39, 0.29) is 18.8 Å². The number of nitrogens with one attached hydrogen (secondary N) is 1. The molecule has 0 aromatic heterocycles. The van der Waals surface area contributed by atoms with Gasteiger partial charge in [-0.1, -0.05) is 30.7 Å². The van der Waals surface area contributed by atoms with Crippen molar-refractivity contribution in [3.05, 3.63) is 34.9 Å². The van der Waals surface area contributed by atoms with Crippen LogP contribution >= 0.6 is 11.6 Å². The lowest BCUT2D eigenvalue weighted by Crippen LogP contribution is -2.48. The number of aliphatic hydroxyl groups excluding tert-OH is 2. The summed E-state index contributed by atoms with van der Waals surface area (Å²) in [5.74, 6) is 0. The molecular weight excluding hydrogens is 278 g/mol. The zero-order valence-electron chi connectivity index (χ0n) is 12.1. The minimum atomic E-state index is -0.597. The number of benzene rings is 1. The number of ether oxygens (including phenoxy) is 1. The fourth-order valence-corrected chi connectivity index (χ4v) is 1.74. The van der Waals surface area contributed by atoms with Crippen LogP contribution in [0.15, 0.2) is 24.3 Å². The summed E-state index contributed by atoms with van der Waals surface area (Å²) < 4.78 is 5.46. The molecule has 0 saturated heterocycles. The number of aliphatic hydroxyl groups is 2. The van der Waals surface area contributed by atoms with Gasteiger partial charge in [-0.25, -0.2) is 0 Å². The van der Waals surface area contributed by atoms with Crippen LogP contribution in [0.4, 0.5) is 0 Å². The highest BCUT2D eigenvalue weighted by Gasteiger charge is 2.21. The van der Waals surface area contributed by atoms with Gasteiger partial charge >= 0.3 is 0 Å². The Labute approximate surface area is 125 Å². The predicted molar refractivity (Wildman–Crippen MR) is 80.9 cm³/mol. The van der Waals surface area contributed by atoms with E-state index >= 15 is 0 Å². The van der Waals surface area contributed by atoms with E-state index in [0.29, 0.717) is 18.2 Å². The third-order valence-corrected chi connectivity index (χ3v) is 3.64. The molecular formula is C15H24ClNO3. The van der Waals surface area contributed by atoms with E-state index in [1.165, 1.54) is 0 Å². The molecule has 1 rings (SSSR count). The molecule has 0 aliphatic carbocycles. The summed E-state index contributed by atoms with van der Waals surface area (Å²) >= 11 is 5.80. The monoisotopic (exact) mass is 301 g/mol. The first-order valence-electron chi connectivity index (χ1n) is 6.85. The second-order valence-electron chi connectivity index (χ2n) is 5.25. The van der Waals surface area contributed by atoms with Gasteiger partial charge in [0.05, 0.1) is 25.9 Å². The second-order valence-corrected chi connectivity index (χ2v) is 5.69. The number of halogens is 1. The molecule has 0 saturated carbocycles. The summed E-state index contributed by atoms with van der Waals surface area (Å²) in [6.45, 7) is 5.05. The van der Waals surface area contributed by atoms with Crippen LogP contribution in [0.2, 0.25) is 5.02 Å². The summed E-state index contributed by atoms with van der Waals surface area (Å²) in [6, 6.07) is 7.41. The van der Waals surface area contributed by atoms with Crippen LogP contribution in [-0.2, 0) is 11.3 Å². The largest absolute Gasteiger partial charge is 0.394 e. The molecule has 0 heterocycles. The van der Waals surface area contributed by atoms with E-state index in [0.717, 1.165) is 12.0 Å². The van der Waals surface area contributed by atoms with Gasteiger partial charge in [0.15, 0.2) is 0 Å². The second kappa shape index (κ2) is 8.60. The minimum absolute atomic E-state index is 0.0435. The first-order valence-corrected chi connectivity index (χ1v) is 7.23. The van der Waals surface area contributed by atoms with Gasteiger partial charge in [-0.05, 0) is 31.0 Å². The lowest BCUT2D eigenvalue weighted by molar-refractivity contribution is 0.0225. The molecule has 114 valence electrons. The van der Waals surface area contributed by atoms with Crippen LogP contribution in [0.3, 0.4) is 0 Å². The SMILES string of the molecule is CCC(C)(CO)NCC(O)COCc1ccc(Cl)cc1. The molecule has 0 radical (unpaired) electrons. The maximum atomic E-state index is 9.84. The number of hydrogen-bond acceptors (Lipinski definition) is 4. The maximum Gasteiger partial charge on any atom is 0.0898 e. The van der Waals surface area contributed by atoms with Gasteiger partial charge in [0, 0.05) is 17.1 Å². The van der Waals surface area contributed by atoms with Crippen molar-refractivity contribution in [2.45, 2.75) is 38.5 Å². The van der Waals surface area contributed by atoms with Gasteiger partial charge < -0.3 is 20.3 Å². The Morgan fingerprint density at radius 2 is 2.00 bits per heavy atom. The quantitative estimate of drug-likeness (QED) is 0.652. The van der Waals surface area contributed by atoms with Crippen LogP contribution in [0.25, 0.3) is 0 Å². The van der Waals surface area contributed by atoms with Crippen molar-refractivity contribution in [3.63, 3.8) is 0 Å². The van der Waals surface area contributed by atoms with Gasteiger partial charge in [-0.3, -0.25) is 0 Å². The smallest absolute Gasteiger partial charge is 0.0898 e. The molecule has 0 fully saturated rings. The Kier molecular flexibility index (Phi) is 7.48. The van der Waals surface area contributed by atoms with E-state index in [2.05, 4.69) is 5.32 Å². The summed E-state index contributed by atoms with van der Waals surface area (Å²) in [4.78, 5) is 0. The molecule has 3 N–H and O–H groups in total. The molecule has 0 spiro atoms. The molecule has 0 aliphatic rings. The van der Waals surface area contributed by atoms with Crippen molar-refractivity contribution in [2.75, 3.05) is 19.8 Å². The van der Waals surface area contributed by atoms with Crippen LogP contribution in [0.5, 0.6) is 0 Å². The number of β-amino-alcohol motifs (C(OH)–C–C–N with tert-alkyl or cyclic N) is 1. The molecule has 20 heavy (non-hydrogen) atoms. The highest BCUT2D eigenvalue weighted by Crippen LogP contribution is 2.10. The molecule has 0 bridgehead atoms. The van der Waals surface area contributed by atoms with Gasteiger partial charge in [-0.2, -0.15) is 0 Å². The third-order valence-electron chi connectivity index (χ3n) is 3.39. The predicted octanol–water partition coefficient (Wildman–Crippen LogP) is 1.97. The Balaban J connectivity index is 2.23. The van der Waals surface area contributed by atoms with Crippen molar-refractivity contribution in [2.24, 2.45) is 0 Å². The van der Waals surface area contributed by atoms with Crippen molar-refractivity contribution in [1.29, 1.82) is 0 Å². The summed E-state index contributed by atoms with van der Waals surface area (Å²) in [5, 5.41) is 22.9. The molecule has 1 aromatic rings. The topological polar surface area (TPSA) is 61.7 Å². The molecule has 1 aromatic carbocycles. The van der Waals surface area contributed by atoms with Crippen LogP contribution < -0.4 is 5.32 Å². The standard InChI is InChI=1S/C15H24ClNO3/c1-3-15(2,11-18)17-8-14(19)10-20-9-12-4-6-13(16)7-5-12/h4-7,14,17-19H,3,8-11H2,1-2H3. The first kappa shape index (κ1) is 17.4. The van der Waals surface area contributed by atoms with Crippen molar-refractivity contribution >= 4 is 11.6 Å². The maximum absolute atomic E-state index is 9.84. The van der Waals surface area contributed by atoms with Gasteiger partial charge in [0.25, 0.3) is 0 Å². The molecule has 4 nitrogen and oxygen atoms in total. The number of rotatable bonds is 9. The third kappa shape index (κ3) is 6.20. The van der Waals surface area contributed by atoms with E-state index in [1.807, 2.05) is 38.1 Å². The average Bonchev–Trinajstić information content (AvgIpc) is 2.47. The van der Waals surface area contributed by atoms with E-state index in [9.17, 15) is 10.2 Å². The fourth-order valence-electron chi connectivity index (χ4n) is 1.61. The molecule has 2 atom stereocenters. The van der Waals surface area contributed by atoms with Crippen LogP contribution in [0, 0.1) is 0 Å². The van der Waals surface area contributed by atoms with Crippen LogP contribution in [0.1, 0.15) is 25.8 Å². The van der Waals surface area contributed by atoms with E-state index in [4.69, 9.17) is 16.3 Å². The minimum Gasteiger partial charge on any atom is -0.394 e. The summed E-state index contributed by atoms with van der Waals surface area (Å²) in [6.07, 6.45) is 0.196. The van der Waals surface area contributed by atoms with Gasteiger partial charge in [0.2, 0.25) is 0 Å². The molecule has 5 heteroatoms. The lowest BCUT2D eigenvalue weighted by Gasteiger charge is -2.28. The molecule has 0 amide bonds. The van der Waals surface area contributed by atoms with Crippen molar-refractivity contribution in [3.8, 4) is 0 Å². The zero-order chi connectivity index (χ0) is 15.0. The van der Waals surface area contributed by atoms with E-state index < -0.39 is 6.10 Å². The van der Waals surface area contributed by atoms with Gasteiger partial charge in [0.1, 0.15) is 0 Å². The van der Waals surface area contributed by atoms with Crippen molar-refractivity contribution < 1.29 is 14.9 Å². The Morgan fingerprint density at radius 1 is 1.35 bits per heavy atom. The Bertz CT molecular complexity index is 379. The average molecular weight is 302 g/mol. The molecule has 2 unspecified atom stereocenters. The highest BCUT2D eigenvalue weighted by atomic mass is 35.5. The zero-order valence-corrected chi connectivity index (χ0v) is 12.9. The highest BCUT2D eigenvalue weighted by molar-refractivity contribution is 6.30. The normalized spacial score (nSPS) is 15.8. The molecule has 0 aliphatic heterocycles. The number of hydrogen-bond donors (Lipinski definition) is 3. The fraction of sp³-hybridized carbons (Fsp3) is 0.600. The van der Waals surface area contributed by atoms with E-state index in [1.54, 1.807) is 0 Å².